The van der Waals surface area contributed by atoms with Gasteiger partial charge >= 0.3 is 0 Å². The average Bonchev–Trinajstić information content (AvgIpc) is 2.50. The zero-order valence-electron chi connectivity index (χ0n) is 7.58. The van der Waals surface area contributed by atoms with Crippen LogP contribution < -0.4 is 5.73 Å². The number of benzene rings is 1. The zero-order valence-corrected chi connectivity index (χ0v) is 8.40. The molecule has 1 aliphatic rings. The highest BCUT2D eigenvalue weighted by Gasteiger charge is 2.24. The zero-order chi connectivity index (χ0) is 9.42. The molecule has 0 fully saturated rings. The van der Waals surface area contributed by atoms with E-state index in [4.69, 9.17) is 5.73 Å². The van der Waals surface area contributed by atoms with Crippen LogP contribution in [-0.4, -0.2) is 11.4 Å². The summed E-state index contributed by atoms with van der Waals surface area (Å²) in [6, 6.07) is 3.74. The lowest BCUT2D eigenvalue weighted by Gasteiger charge is -2.09. The maximum atomic E-state index is 9.63. The van der Waals surface area contributed by atoms with Gasteiger partial charge in [0.15, 0.2) is 0 Å². The van der Waals surface area contributed by atoms with Crippen molar-refractivity contribution < 1.29 is 5.11 Å². The molecule has 1 aromatic rings. The number of phenols is 1. The van der Waals surface area contributed by atoms with E-state index in [0.717, 1.165) is 18.4 Å². The molecule has 0 unspecified atom stereocenters. The minimum Gasteiger partial charge on any atom is -0.508 e. The molecule has 0 saturated carbocycles. The van der Waals surface area contributed by atoms with Crippen molar-refractivity contribution in [1.82, 2.24) is 0 Å². The minimum atomic E-state index is 0.0297. The average molecular weight is 195 g/mol. The van der Waals surface area contributed by atoms with Gasteiger partial charge in [-0.1, -0.05) is 0 Å². The lowest BCUT2D eigenvalue weighted by molar-refractivity contribution is 0.463. The van der Waals surface area contributed by atoms with Crippen LogP contribution in [0, 0.1) is 0 Å². The van der Waals surface area contributed by atoms with Crippen molar-refractivity contribution in [2.24, 2.45) is 5.73 Å². The van der Waals surface area contributed by atoms with Gasteiger partial charge < -0.3 is 10.8 Å². The predicted octanol–water partition coefficient (Wildman–Crippen LogP) is 2.06. The molecule has 0 aliphatic heterocycles. The van der Waals surface area contributed by atoms with Crippen molar-refractivity contribution >= 4 is 11.8 Å². The maximum absolute atomic E-state index is 9.63. The number of rotatable bonds is 1. The van der Waals surface area contributed by atoms with Crippen LogP contribution in [0.4, 0.5) is 0 Å². The first-order valence-electron chi connectivity index (χ1n) is 4.38. The van der Waals surface area contributed by atoms with E-state index in [9.17, 15) is 5.11 Å². The van der Waals surface area contributed by atoms with Gasteiger partial charge in [-0.25, -0.2) is 0 Å². The fraction of sp³-hybridized carbons (Fsp3) is 0.400. The van der Waals surface area contributed by atoms with Crippen molar-refractivity contribution in [3.8, 4) is 5.75 Å². The van der Waals surface area contributed by atoms with Gasteiger partial charge in [0.25, 0.3) is 0 Å². The molecule has 1 aromatic carbocycles. The third kappa shape index (κ3) is 1.32. The molecule has 70 valence electrons. The van der Waals surface area contributed by atoms with E-state index in [0.29, 0.717) is 5.75 Å². The Morgan fingerprint density at radius 2 is 2.31 bits per heavy atom. The van der Waals surface area contributed by atoms with E-state index < -0.39 is 0 Å². The van der Waals surface area contributed by atoms with Crippen LogP contribution in [0.3, 0.4) is 0 Å². The third-order valence-electron chi connectivity index (χ3n) is 2.59. The fourth-order valence-electron chi connectivity index (χ4n) is 1.94. The van der Waals surface area contributed by atoms with E-state index >= 15 is 0 Å². The van der Waals surface area contributed by atoms with Crippen LogP contribution >= 0.6 is 11.8 Å². The quantitative estimate of drug-likeness (QED) is 0.674. The third-order valence-corrected chi connectivity index (χ3v) is 3.41. The van der Waals surface area contributed by atoms with Crippen LogP contribution in [0.15, 0.2) is 17.0 Å². The summed E-state index contributed by atoms with van der Waals surface area (Å²) in [5, 5.41) is 9.63. The number of hydrogen-bond acceptors (Lipinski definition) is 3. The van der Waals surface area contributed by atoms with Crippen molar-refractivity contribution in [3.63, 3.8) is 0 Å². The Kier molecular flexibility index (Phi) is 2.22. The van der Waals surface area contributed by atoms with Crippen molar-refractivity contribution in [2.45, 2.75) is 23.8 Å². The normalized spacial score (nSPS) is 20.3. The molecule has 0 spiro atoms. The van der Waals surface area contributed by atoms with Crippen LogP contribution in [0.2, 0.25) is 0 Å². The molecule has 2 rings (SSSR count). The summed E-state index contributed by atoms with van der Waals surface area (Å²) in [5.41, 5.74) is 8.12. The predicted molar refractivity (Wildman–Crippen MR) is 55.1 cm³/mol. The van der Waals surface area contributed by atoms with Crippen LogP contribution in [-0.2, 0) is 6.42 Å². The standard InChI is InChI=1S/C10H13NOS/c1-13-9-5-4-8(12)10-6(9)2-3-7(10)11/h4-5,7,12H,2-3,11H2,1H3/t7-/m1/s1. The van der Waals surface area contributed by atoms with Gasteiger partial charge in [-0.2, -0.15) is 0 Å². The Labute approximate surface area is 82.1 Å². The van der Waals surface area contributed by atoms with Gasteiger partial charge in [-0.3, -0.25) is 0 Å². The van der Waals surface area contributed by atoms with E-state index in [1.54, 1.807) is 17.8 Å². The lowest BCUT2D eigenvalue weighted by Crippen LogP contribution is -2.05. The van der Waals surface area contributed by atoms with E-state index in [1.807, 2.05) is 6.07 Å². The molecule has 1 aliphatic carbocycles. The molecule has 3 heteroatoms. The summed E-state index contributed by atoms with van der Waals surface area (Å²) in [6.07, 6.45) is 4.01. The molecular formula is C10H13NOS. The van der Waals surface area contributed by atoms with Gasteiger partial charge in [-0.15, -0.1) is 11.8 Å². The number of hydrogen-bond donors (Lipinski definition) is 2. The Morgan fingerprint density at radius 1 is 1.54 bits per heavy atom. The number of thioether (sulfide) groups is 1. The Bertz CT molecular complexity index is 338. The molecule has 13 heavy (non-hydrogen) atoms. The molecule has 2 nitrogen and oxygen atoms in total. The fourth-order valence-corrected chi connectivity index (χ4v) is 2.60. The molecule has 0 radical (unpaired) electrons. The number of phenolic OH excluding ortho intramolecular Hbond substituents is 1. The van der Waals surface area contributed by atoms with E-state index in [1.165, 1.54) is 10.5 Å². The molecule has 0 bridgehead atoms. The van der Waals surface area contributed by atoms with E-state index in [2.05, 4.69) is 6.26 Å². The van der Waals surface area contributed by atoms with E-state index in [-0.39, 0.29) is 6.04 Å². The first-order valence-corrected chi connectivity index (χ1v) is 5.61. The molecule has 0 aromatic heterocycles. The van der Waals surface area contributed by atoms with Gasteiger partial charge in [0.2, 0.25) is 0 Å². The summed E-state index contributed by atoms with van der Waals surface area (Å²) in [4.78, 5) is 1.25. The smallest absolute Gasteiger partial charge is 0.120 e. The highest BCUT2D eigenvalue weighted by atomic mass is 32.2. The monoisotopic (exact) mass is 195 g/mol. The highest BCUT2D eigenvalue weighted by molar-refractivity contribution is 7.98. The second-order valence-electron chi connectivity index (χ2n) is 3.32. The van der Waals surface area contributed by atoms with Gasteiger partial charge in [0.05, 0.1) is 0 Å². The molecule has 1 atom stereocenters. The number of nitrogens with two attached hydrogens (primary N) is 1. The highest BCUT2D eigenvalue weighted by Crippen LogP contribution is 2.40. The molecule has 0 saturated heterocycles. The van der Waals surface area contributed by atoms with Crippen LogP contribution in [0.25, 0.3) is 0 Å². The Hall–Kier alpha value is -0.670. The van der Waals surface area contributed by atoms with Gasteiger partial charge in [-0.05, 0) is 36.8 Å². The van der Waals surface area contributed by atoms with Gasteiger partial charge in [0.1, 0.15) is 5.75 Å². The minimum absolute atomic E-state index is 0.0297. The molecule has 0 amide bonds. The van der Waals surface area contributed by atoms with Crippen LogP contribution in [0.1, 0.15) is 23.6 Å². The second-order valence-corrected chi connectivity index (χ2v) is 4.17. The van der Waals surface area contributed by atoms with Crippen LogP contribution in [0.5, 0.6) is 5.75 Å². The van der Waals surface area contributed by atoms with Crippen molar-refractivity contribution in [2.75, 3.05) is 6.26 Å². The summed E-state index contributed by atoms with van der Waals surface area (Å²) in [7, 11) is 0. The molecular weight excluding hydrogens is 182 g/mol. The molecule has 3 N–H and O–H groups in total. The first-order chi connectivity index (χ1) is 6.24. The topological polar surface area (TPSA) is 46.2 Å². The van der Waals surface area contributed by atoms with Crippen molar-refractivity contribution in [3.05, 3.63) is 23.3 Å². The largest absolute Gasteiger partial charge is 0.508 e. The lowest BCUT2D eigenvalue weighted by atomic mass is 10.1. The Morgan fingerprint density at radius 3 is 3.00 bits per heavy atom. The Balaban J connectivity index is 2.59. The summed E-state index contributed by atoms with van der Waals surface area (Å²) < 4.78 is 0. The van der Waals surface area contributed by atoms with Gasteiger partial charge in [0, 0.05) is 16.5 Å². The summed E-state index contributed by atoms with van der Waals surface area (Å²) in [5.74, 6) is 0.359. The second kappa shape index (κ2) is 3.24. The maximum Gasteiger partial charge on any atom is 0.120 e. The summed E-state index contributed by atoms with van der Waals surface area (Å²) in [6.45, 7) is 0. The number of aromatic hydroxyl groups is 1. The summed E-state index contributed by atoms with van der Waals surface area (Å²) >= 11 is 1.72. The first kappa shape index (κ1) is 8.91. The number of fused-ring (bicyclic) bond motifs is 1. The van der Waals surface area contributed by atoms with Crippen molar-refractivity contribution in [1.29, 1.82) is 0 Å². The SMILES string of the molecule is CSc1ccc(O)c2c1CC[C@H]2N. The molecule has 0 heterocycles.